The van der Waals surface area contributed by atoms with Crippen LogP contribution in [0.25, 0.3) is 0 Å². The lowest BCUT2D eigenvalue weighted by Gasteiger charge is -2.37. The number of nitrogens with zero attached hydrogens (tertiary/aromatic N) is 1. The number of sulfonamides is 1. The Morgan fingerprint density at radius 1 is 1.35 bits per heavy atom. The maximum Gasteiger partial charge on any atom is 0.243 e. The molecule has 1 fully saturated rings. The molecule has 1 saturated heterocycles. The average molecular weight is 384 g/mol. The smallest absolute Gasteiger partial charge is 0.243 e. The molecule has 4 nitrogen and oxygen atoms in total. The van der Waals surface area contributed by atoms with E-state index in [1.54, 1.807) is 22.5 Å². The second kappa shape index (κ2) is 6.75. The van der Waals surface area contributed by atoms with Crippen molar-refractivity contribution in [3.8, 4) is 0 Å². The van der Waals surface area contributed by atoms with Crippen molar-refractivity contribution in [3.05, 3.63) is 28.2 Å². The summed E-state index contributed by atoms with van der Waals surface area (Å²) in [4.78, 5) is 0.370. The summed E-state index contributed by atoms with van der Waals surface area (Å²) in [7, 11) is -3.41. The second-order valence-electron chi connectivity index (χ2n) is 5.01. The number of halogens is 2. The highest BCUT2D eigenvalue weighted by Gasteiger charge is 2.34. The maximum absolute atomic E-state index is 12.7. The van der Waals surface area contributed by atoms with Gasteiger partial charge < -0.3 is 5.32 Å². The summed E-state index contributed by atoms with van der Waals surface area (Å²) in [6.07, 6.45) is 0. The van der Waals surface area contributed by atoms with E-state index in [0.29, 0.717) is 18.0 Å². The lowest BCUT2D eigenvalue weighted by Crippen LogP contribution is -2.57. The third-order valence-corrected chi connectivity index (χ3v) is 6.58. The molecule has 0 amide bonds. The van der Waals surface area contributed by atoms with Crippen molar-refractivity contribution in [2.24, 2.45) is 0 Å². The van der Waals surface area contributed by atoms with Crippen molar-refractivity contribution in [1.29, 1.82) is 0 Å². The molecule has 7 heteroatoms. The molecule has 114 valence electrons. The SMILES string of the molecule is Cc1cc(S(=O)(=O)N2CCNC(C)C2C)ccc1Br.Cl. The molecule has 2 atom stereocenters. The Morgan fingerprint density at radius 3 is 2.60 bits per heavy atom. The van der Waals surface area contributed by atoms with E-state index in [2.05, 4.69) is 21.2 Å². The molecule has 2 unspecified atom stereocenters. The molecule has 0 radical (unpaired) electrons. The van der Waals surface area contributed by atoms with Crippen molar-refractivity contribution in [2.45, 2.75) is 37.8 Å². The van der Waals surface area contributed by atoms with Gasteiger partial charge >= 0.3 is 0 Å². The van der Waals surface area contributed by atoms with Gasteiger partial charge in [0.1, 0.15) is 0 Å². The zero-order valence-corrected chi connectivity index (χ0v) is 15.0. The van der Waals surface area contributed by atoms with Crippen molar-refractivity contribution in [3.63, 3.8) is 0 Å². The summed E-state index contributed by atoms with van der Waals surface area (Å²) >= 11 is 3.40. The Bertz CT molecular complexity index is 580. The van der Waals surface area contributed by atoms with Crippen LogP contribution in [0, 0.1) is 6.92 Å². The van der Waals surface area contributed by atoms with Gasteiger partial charge in [0.05, 0.1) is 4.90 Å². The Labute approximate surface area is 135 Å². The molecule has 0 aliphatic carbocycles. The van der Waals surface area contributed by atoms with Gasteiger partial charge in [0.25, 0.3) is 0 Å². The topological polar surface area (TPSA) is 49.4 Å². The molecule has 1 aliphatic rings. The second-order valence-corrected chi connectivity index (χ2v) is 7.76. The zero-order chi connectivity index (χ0) is 14.2. The standard InChI is InChI=1S/C13H19BrN2O2S.ClH/c1-9-8-12(4-5-13(9)14)19(17,18)16-7-6-15-10(2)11(16)3;/h4-5,8,10-11,15H,6-7H2,1-3H3;1H. The van der Waals surface area contributed by atoms with Crippen LogP contribution < -0.4 is 5.32 Å². The highest BCUT2D eigenvalue weighted by atomic mass is 79.9. The number of hydrogen-bond acceptors (Lipinski definition) is 3. The van der Waals surface area contributed by atoms with Crippen molar-refractivity contribution in [2.75, 3.05) is 13.1 Å². The van der Waals surface area contributed by atoms with Gasteiger partial charge in [-0.2, -0.15) is 4.31 Å². The Morgan fingerprint density at radius 2 is 2.00 bits per heavy atom. The highest BCUT2D eigenvalue weighted by molar-refractivity contribution is 9.10. The van der Waals surface area contributed by atoms with Crippen LogP contribution in [0.5, 0.6) is 0 Å². The molecule has 1 aromatic carbocycles. The largest absolute Gasteiger partial charge is 0.311 e. The van der Waals surface area contributed by atoms with Crippen LogP contribution in [0.1, 0.15) is 19.4 Å². The van der Waals surface area contributed by atoms with Gasteiger partial charge in [-0.1, -0.05) is 15.9 Å². The number of hydrogen-bond donors (Lipinski definition) is 1. The van der Waals surface area contributed by atoms with Gasteiger partial charge in [-0.15, -0.1) is 12.4 Å². The predicted octanol–water partition coefficient (Wildman–Crippen LogP) is 2.55. The highest BCUT2D eigenvalue weighted by Crippen LogP contribution is 2.25. The predicted molar refractivity (Wildman–Crippen MR) is 86.9 cm³/mol. The van der Waals surface area contributed by atoms with E-state index in [4.69, 9.17) is 0 Å². The lowest BCUT2D eigenvalue weighted by atomic mass is 10.1. The van der Waals surface area contributed by atoms with Crippen LogP contribution in [0.3, 0.4) is 0 Å². The van der Waals surface area contributed by atoms with Gasteiger partial charge in [0.15, 0.2) is 0 Å². The molecular weight excluding hydrogens is 364 g/mol. The van der Waals surface area contributed by atoms with Crippen molar-refractivity contribution >= 4 is 38.4 Å². The monoisotopic (exact) mass is 382 g/mol. The Balaban J connectivity index is 0.00000200. The molecular formula is C13H20BrClN2O2S. The van der Waals surface area contributed by atoms with Crippen LogP contribution >= 0.6 is 28.3 Å². The third kappa shape index (κ3) is 3.36. The van der Waals surface area contributed by atoms with E-state index >= 15 is 0 Å². The number of nitrogens with one attached hydrogen (secondary N) is 1. The van der Waals surface area contributed by atoms with Gasteiger partial charge in [-0.25, -0.2) is 8.42 Å². The molecule has 20 heavy (non-hydrogen) atoms. The first-order chi connectivity index (χ1) is 8.84. The molecule has 0 saturated carbocycles. The van der Waals surface area contributed by atoms with E-state index < -0.39 is 10.0 Å². The summed E-state index contributed by atoms with van der Waals surface area (Å²) in [5, 5.41) is 3.29. The van der Waals surface area contributed by atoms with Crippen molar-refractivity contribution in [1.82, 2.24) is 9.62 Å². The van der Waals surface area contributed by atoms with Gasteiger partial charge in [-0.3, -0.25) is 0 Å². The fourth-order valence-electron chi connectivity index (χ4n) is 2.28. The quantitative estimate of drug-likeness (QED) is 0.854. The Hall–Kier alpha value is -0.140. The molecule has 1 aromatic rings. The third-order valence-electron chi connectivity index (χ3n) is 3.71. The fraction of sp³-hybridized carbons (Fsp3) is 0.538. The number of piperazine rings is 1. The minimum Gasteiger partial charge on any atom is -0.311 e. The first-order valence-electron chi connectivity index (χ1n) is 6.35. The van der Waals surface area contributed by atoms with E-state index in [-0.39, 0.29) is 24.5 Å². The van der Waals surface area contributed by atoms with Crippen LogP contribution in [0.15, 0.2) is 27.6 Å². The molecule has 1 aliphatic heterocycles. The first-order valence-corrected chi connectivity index (χ1v) is 8.58. The average Bonchev–Trinajstić information content (AvgIpc) is 2.35. The van der Waals surface area contributed by atoms with Crippen LogP contribution in [0.4, 0.5) is 0 Å². The molecule has 1 N–H and O–H groups in total. The van der Waals surface area contributed by atoms with Crippen LogP contribution in [-0.4, -0.2) is 37.9 Å². The van der Waals surface area contributed by atoms with E-state index in [1.807, 2.05) is 20.8 Å². The molecule has 2 rings (SSSR count). The molecule has 0 spiro atoms. The van der Waals surface area contributed by atoms with Crippen LogP contribution in [0.2, 0.25) is 0 Å². The molecule has 1 heterocycles. The fourth-order valence-corrected chi connectivity index (χ4v) is 4.31. The minimum absolute atomic E-state index is 0. The van der Waals surface area contributed by atoms with Gasteiger partial charge in [0, 0.05) is 29.6 Å². The summed E-state index contributed by atoms with van der Waals surface area (Å²) < 4.78 is 27.9. The van der Waals surface area contributed by atoms with Gasteiger partial charge in [0.2, 0.25) is 10.0 Å². The summed E-state index contributed by atoms with van der Waals surface area (Å²) in [6.45, 7) is 7.06. The minimum atomic E-state index is -3.41. The number of aryl methyl sites for hydroxylation is 1. The summed E-state index contributed by atoms with van der Waals surface area (Å²) in [5.74, 6) is 0. The summed E-state index contributed by atoms with van der Waals surface area (Å²) in [6, 6.07) is 5.30. The lowest BCUT2D eigenvalue weighted by molar-refractivity contribution is 0.233. The zero-order valence-electron chi connectivity index (χ0n) is 11.8. The number of benzene rings is 1. The molecule has 0 aromatic heterocycles. The first kappa shape index (κ1) is 17.9. The van der Waals surface area contributed by atoms with E-state index in [0.717, 1.165) is 10.0 Å². The maximum atomic E-state index is 12.7. The molecule has 0 bridgehead atoms. The van der Waals surface area contributed by atoms with E-state index in [1.165, 1.54) is 0 Å². The number of rotatable bonds is 2. The van der Waals surface area contributed by atoms with Crippen molar-refractivity contribution < 1.29 is 8.42 Å². The summed E-state index contributed by atoms with van der Waals surface area (Å²) in [5.41, 5.74) is 0.928. The Kier molecular flexibility index (Phi) is 6.04. The van der Waals surface area contributed by atoms with E-state index in [9.17, 15) is 8.42 Å². The van der Waals surface area contributed by atoms with Crippen LogP contribution in [-0.2, 0) is 10.0 Å². The normalized spacial score (nSPS) is 24.2. The van der Waals surface area contributed by atoms with Gasteiger partial charge in [-0.05, 0) is 44.5 Å².